The van der Waals surface area contributed by atoms with Gasteiger partial charge < -0.3 is 9.64 Å². The Morgan fingerprint density at radius 3 is 2.93 bits per heavy atom. The molecule has 1 aliphatic rings. The van der Waals surface area contributed by atoms with Crippen LogP contribution in [0, 0.1) is 0 Å². The van der Waals surface area contributed by atoms with E-state index in [0.717, 1.165) is 25.0 Å². The van der Waals surface area contributed by atoms with E-state index < -0.39 is 0 Å². The highest BCUT2D eigenvalue weighted by Gasteiger charge is 2.21. The minimum Gasteiger partial charge on any atom is -0.379 e. The molecule has 0 aliphatic carbocycles. The molecule has 0 N–H and O–H groups in total. The number of halogens is 1. The summed E-state index contributed by atoms with van der Waals surface area (Å²) in [6.07, 6.45) is 1.13. The predicted molar refractivity (Wildman–Crippen MR) is 66.7 cm³/mol. The summed E-state index contributed by atoms with van der Waals surface area (Å²) in [6.45, 7) is 1.75. The Hall–Kier alpha value is -0.540. The number of hydrogen-bond donors (Lipinski definition) is 0. The molecule has 0 saturated carbocycles. The molecule has 1 atom stereocenters. The van der Waals surface area contributed by atoms with Gasteiger partial charge in [0, 0.05) is 24.7 Å². The summed E-state index contributed by atoms with van der Waals surface area (Å²) < 4.78 is 5.42. The Kier molecular flexibility index (Phi) is 3.65. The minimum atomic E-state index is 0.533. The molecule has 1 saturated heterocycles. The number of anilines is 1. The maximum Gasteiger partial charge on any atom is 0.0670 e. The Bertz CT molecular complexity index is 323. The molecule has 1 aromatic rings. The van der Waals surface area contributed by atoms with E-state index in [0.29, 0.717) is 6.04 Å². The molecule has 0 amide bonds. The van der Waals surface area contributed by atoms with E-state index in [2.05, 4.69) is 52.1 Å². The zero-order chi connectivity index (χ0) is 10.7. The molecule has 2 rings (SSSR count). The van der Waals surface area contributed by atoms with Gasteiger partial charge in [0.05, 0.1) is 12.6 Å². The van der Waals surface area contributed by atoms with Crippen molar-refractivity contribution in [1.82, 2.24) is 0 Å². The normalized spacial score (nSPS) is 20.5. The molecular weight excluding hydrogens is 254 g/mol. The van der Waals surface area contributed by atoms with Crippen LogP contribution in [-0.4, -0.2) is 26.3 Å². The van der Waals surface area contributed by atoms with Crippen molar-refractivity contribution >= 4 is 21.6 Å². The van der Waals surface area contributed by atoms with E-state index in [1.165, 1.54) is 11.3 Å². The summed E-state index contributed by atoms with van der Waals surface area (Å²) in [6, 6.07) is 9.04. The summed E-state index contributed by atoms with van der Waals surface area (Å²) in [5.74, 6) is 0. The topological polar surface area (TPSA) is 12.5 Å². The average molecular weight is 270 g/mol. The highest BCUT2D eigenvalue weighted by atomic mass is 79.9. The largest absolute Gasteiger partial charge is 0.379 e. The van der Waals surface area contributed by atoms with Gasteiger partial charge in [-0.05, 0) is 18.1 Å². The number of para-hydroxylation sites is 1. The summed E-state index contributed by atoms with van der Waals surface area (Å²) in [5.41, 5.74) is 2.65. The fraction of sp³-hybridized carbons (Fsp3) is 0.500. The second-order valence-electron chi connectivity index (χ2n) is 3.89. The van der Waals surface area contributed by atoms with Crippen LogP contribution in [0.4, 0.5) is 5.69 Å². The highest BCUT2D eigenvalue weighted by molar-refractivity contribution is 9.08. The highest BCUT2D eigenvalue weighted by Crippen LogP contribution is 2.25. The number of benzene rings is 1. The first-order chi connectivity index (χ1) is 7.33. The molecule has 1 aliphatic heterocycles. The number of alkyl halides is 1. The van der Waals surface area contributed by atoms with Crippen LogP contribution in [0.5, 0.6) is 0 Å². The molecule has 15 heavy (non-hydrogen) atoms. The van der Waals surface area contributed by atoms with Crippen molar-refractivity contribution in [2.45, 2.75) is 17.8 Å². The van der Waals surface area contributed by atoms with Crippen LogP contribution < -0.4 is 4.90 Å². The van der Waals surface area contributed by atoms with E-state index in [1.54, 1.807) is 0 Å². The molecule has 2 nitrogen and oxygen atoms in total. The SMILES string of the molecule is CN(c1ccccc1CBr)C1CCOC1. The third-order valence-corrected chi connectivity index (χ3v) is 3.57. The van der Waals surface area contributed by atoms with Crippen LogP contribution >= 0.6 is 15.9 Å². The van der Waals surface area contributed by atoms with Crippen LogP contribution in [0.3, 0.4) is 0 Å². The average Bonchev–Trinajstić information content (AvgIpc) is 2.81. The van der Waals surface area contributed by atoms with E-state index in [1.807, 2.05) is 0 Å². The van der Waals surface area contributed by atoms with Gasteiger partial charge in [-0.25, -0.2) is 0 Å². The van der Waals surface area contributed by atoms with Gasteiger partial charge in [-0.15, -0.1) is 0 Å². The first-order valence-electron chi connectivity index (χ1n) is 5.27. The Labute approximate surface area is 99.4 Å². The Morgan fingerprint density at radius 1 is 1.47 bits per heavy atom. The zero-order valence-electron chi connectivity index (χ0n) is 8.95. The van der Waals surface area contributed by atoms with Crippen molar-refractivity contribution in [3.63, 3.8) is 0 Å². The van der Waals surface area contributed by atoms with Gasteiger partial charge in [-0.1, -0.05) is 34.1 Å². The van der Waals surface area contributed by atoms with E-state index in [4.69, 9.17) is 4.74 Å². The quantitative estimate of drug-likeness (QED) is 0.783. The monoisotopic (exact) mass is 269 g/mol. The van der Waals surface area contributed by atoms with Gasteiger partial charge in [0.25, 0.3) is 0 Å². The van der Waals surface area contributed by atoms with Gasteiger partial charge in [0.2, 0.25) is 0 Å². The summed E-state index contributed by atoms with van der Waals surface area (Å²) in [7, 11) is 2.15. The molecular formula is C12H16BrNO. The lowest BCUT2D eigenvalue weighted by Crippen LogP contribution is -2.32. The Morgan fingerprint density at radius 2 is 2.27 bits per heavy atom. The van der Waals surface area contributed by atoms with Crippen molar-refractivity contribution in [2.75, 3.05) is 25.2 Å². The van der Waals surface area contributed by atoms with Crippen molar-refractivity contribution < 1.29 is 4.74 Å². The fourth-order valence-electron chi connectivity index (χ4n) is 1.99. The number of hydrogen-bond acceptors (Lipinski definition) is 2. The van der Waals surface area contributed by atoms with Gasteiger partial charge >= 0.3 is 0 Å². The lowest BCUT2D eigenvalue weighted by Gasteiger charge is -2.27. The second-order valence-corrected chi connectivity index (χ2v) is 4.45. The molecule has 0 bridgehead atoms. The molecule has 0 radical (unpaired) electrons. The zero-order valence-corrected chi connectivity index (χ0v) is 10.5. The third-order valence-electron chi connectivity index (χ3n) is 2.97. The van der Waals surface area contributed by atoms with Crippen molar-refractivity contribution in [2.24, 2.45) is 0 Å². The maximum absolute atomic E-state index is 5.42. The van der Waals surface area contributed by atoms with Crippen molar-refractivity contribution in [3.05, 3.63) is 29.8 Å². The lowest BCUT2D eigenvalue weighted by molar-refractivity contribution is 0.193. The Balaban J connectivity index is 2.19. The summed E-state index contributed by atoms with van der Waals surface area (Å²) in [4.78, 5) is 2.34. The smallest absolute Gasteiger partial charge is 0.0670 e. The molecule has 0 aromatic heterocycles. The number of nitrogens with zero attached hydrogens (tertiary/aromatic N) is 1. The van der Waals surface area contributed by atoms with Crippen molar-refractivity contribution in [3.8, 4) is 0 Å². The van der Waals surface area contributed by atoms with Gasteiger partial charge in [0.1, 0.15) is 0 Å². The third kappa shape index (κ3) is 2.34. The fourth-order valence-corrected chi connectivity index (χ4v) is 2.47. The lowest BCUT2D eigenvalue weighted by atomic mass is 10.1. The summed E-state index contributed by atoms with van der Waals surface area (Å²) >= 11 is 3.53. The first kappa shape index (κ1) is 11.0. The molecule has 0 spiro atoms. The maximum atomic E-state index is 5.42. The number of rotatable bonds is 3. The van der Waals surface area contributed by atoms with Crippen molar-refractivity contribution in [1.29, 1.82) is 0 Å². The molecule has 1 unspecified atom stereocenters. The van der Waals surface area contributed by atoms with E-state index in [9.17, 15) is 0 Å². The van der Waals surface area contributed by atoms with Crippen LogP contribution in [0.15, 0.2) is 24.3 Å². The second kappa shape index (κ2) is 4.99. The van der Waals surface area contributed by atoms with Crippen LogP contribution in [-0.2, 0) is 10.1 Å². The van der Waals surface area contributed by atoms with Gasteiger partial charge in [0.15, 0.2) is 0 Å². The van der Waals surface area contributed by atoms with Gasteiger partial charge in [-0.3, -0.25) is 0 Å². The molecule has 3 heteroatoms. The van der Waals surface area contributed by atoms with Crippen LogP contribution in [0.2, 0.25) is 0 Å². The van der Waals surface area contributed by atoms with Crippen LogP contribution in [0.25, 0.3) is 0 Å². The number of likely N-dealkylation sites (N-methyl/N-ethyl adjacent to an activating group) is 1. The standard InChI is InChI=1S/C12H16BrNO/c1-14(11-6-7-15-9-11)12-5-3-2-4-10(12)8-13/h2-5,11H,6-9H2,1H3. The molecule has 82 valence electrons. The minimum absolute atomic E-state index is 0.533. The van der Waals surface area contributed by atoms with E-state index in [-0.39, 0.29) is 0 Å². The van der Waals surface area contributed by atoms with Gasteiger partial charge in [-0.2, -0.15) is 0 Å². The predicted octanol–water partition coefficient (Wildman–Crippen LogP) is 2.81. The molecule has 1 heterocycles. The molecule has 1 aromatic carbocycles. The van der Waals surface area contributed by atoms with E-state index >= 15 is 0 Å². The first-order valence-corrected chi connectivity index (χ1v) is 6.39. The molecule has 1 fully saturated rings. The number of ether oxygens (including phenoxy) is 1. The van der Waals surface area contributed by atoms with Crippen LogP contribution in [0.1, 0.15) is 12.0 Å². The summed E-state index contributed by atoms with van der Waals surface area (Å²) in [5, 5.41) is 0.904.